The van der Waals surface area contributed by atoms with Gasteiger partial charge in [0.05, 0.1) is 5.57 Å². The van der Waals surface area contributed by atoms with Gasteiger partial charge in [-0.15, -0.1) is 0 Å². The molecule has 1 rings (SSSR count). The van der Waals surface area contributed by atoms with Crippen molar-refractivity contribution in [3.05, 3.63) is 41.6 Å². The van der Waals surface area contributed by atoms with Gasteiger partial charge >= 0.3 is 0 Å². The van der Waals surface area contributed by atoms with Gasteiger partial charge in [0.2, 0.25) is 0 Å². The molecule has 1 aromatic carbocycles. The molecule has 2 nitrogen and oxygen atoms in total. The normalized spacial score (nSPS) is 11.2. The topological polar surface area (TPSA) is 6.25 Å². The van der Waals surface area contributed by atoms with Crippen molar-refractivity contribution >= 4 is 11.8 Å². The Morgan fingerprint density at radius 3 is 2.31 bits per heavy atom. The Morgan fingerprint density at radius 2 is 1.81 bits per heavy atom. The molecule has 0 fully saturated rings. The monoisotopic (exact) mass is 217 g/mol. The number of hydrogen-bond donors (Lipinski definition) is 0. The second-order valence-corrected chi connectivity index (χ2v) is 4.46. The van der Waals surface area contributed by atoms with Crippen molar-refractivity contribution in [2.75, 3.05) is 28.2 Å². The summed E-state index contributed by atoms with van der Waals surface area (Å²) in [5, 5.41) is 0. The first kappa shape index (κ1) is 12.5. The summed E-state index contributed by atoms with van der Waals surface area (Å²) in [7, 11) is 8.17. The lowest BCUT2D eigenvalue weighted by atomic mass is 10.0. The molecule has 0 saturated heterocycles. The van der Waals surface area contributed by atoms with Crippen molar-refractivity contribution < 1.29 is 4.58 Å². The Hall–Kier alpha value is -1.57. The van der Waals surface area contributed by atoms with Crippen LogP contribution in [0.3, 0.4) is 0 Å². The Balaban J connectivity index is 3.23. The second kappa shape index (κ2) is 5.50. The van der Waals surface area contributed by atoms with Gasteiger partial charge in [-0.05, 0) is 18.1 Å². The van der Waals surface area contributed by atoms with Crippen LogP contribution in [0.2, 0.25) is 0 Å². The van der Waals surface area contributed by atoms with Crippen LogP contribution in [-0.2, 0) is 0 Å². The highest BCUT2D eigenvalue weighted by Crippen LogP contribution is 2.17. The standard InChI is InChI=1S/C14H21N2/c1-12-8-6-7-9-14(12)13(10-15(2)3)11-16(4)5/h6-11H,1-5H3/q+1. The third-order valence-electron chi connectivity index (χ3n) is 2.25. The lowest BCUT2D eigenvalue weighted by Gasteiger charge is -2.09. The van der Waals surface area contributed by atoms with Crippen LogP contribution < -0.4 is 0 Å². The summed E-state index contributed by atoms with van der Waals surface area (Å²) in [5.74, 6) is 0. The highest BCUT2D eigenvalue weighted by molar-refractivity contribution is 6.07. The van der Waals surface area contributed by atoms with Gasteiger partial charge < -0.3 is 4.90 Å². The largest absolute Gasteiger partial charge is 0.383 e. The zero-order valence-electron chi connectivity index (χ0n) is 10.9. The molecule has 1 aromatic rings. The Labute approximate surface area is 98.5 Å². The molecule has 0 aromatic heterocycles. The van der Waals surface area contributed by atoms with E-state index in [0.717, 1.165) is 0 Å². The number of allylic oxidation sites excluding steroid dienone is 1. The molecule has 0 aliphatic heterocycles. The molecule has 16 heavy (non-hydrogen) atoms. The van der Waals surface area contributed by atoms with E-state index in [0.29, 0.717) is 0 Å². The number of benzene rings is 1. The van der Waals surface area contributed by atoms with Crippen LogP contribution >= 0.6 is 0 Å². The molecule has 86 valence electrons. The predicted octanol–water partition coefficient (Wildman–Crippen LogP) is 2.24. The van der Waals surface area contributed by atoms with E-state index in [-0.39, 0.29) is 0 Å². The van der Waals surface area contributed by atoms with E-state index in [9.17, 15) is 0 Å². The number of rotatable bonds is 3. The van der Waals surface area contributed by atoms with Gasteiger partial charge in [0.1, 0.15) is 14.1 Å². The first-order valence-electron chi connectivity index (χ1n) is 5.46. The van der Waals surface area contributed by atoms with Gasteiger partial charge in [-0.1, -0.05) is 24.3 Å². The number of nitrogens with zero attached hydrogens (tertiary/aromatic N) is 2. The Morgan fingerprint density at radius 1 is 1.19 bits per heavy atom. The smallest absolute Gasteiger partial charge is 0.172 e. The Kier molecular flexibility index (Phi) is 4.29. The minimum Gasteiger partial charge on any atom is -0.383 e. The quantitative estimate of drug-likeness (QED) is 0.556. The maximum atomic E-state index is 2.16. The van der Waals surface area contributed by atoms with Crippen molar-refractivity contribution in [3.63, 3.8) is 0 Å². The summed E-state index contributed by atoms with van der Waals surface area (Å²) in [6, 6.07) is 8.45. The van der Waals surface area contributed by atoms with Crippen LogP contribution in [0, 0.1) is 6.92 Å². The molecular formula is C14H21N2+. The highest BCUT2D eigenvalue weighted by Gasteiger charge is 2.05. The molecule has 0 atom stereocenters. The molecule has 0 aliphatic rings. The number of aryl methyl sites for hydroxylation is 1. The average Bonchev–Trinajstić information content (AvgIpc) is 2.15. The lowest BCUT2D eigenvalue weighted by molar-refractivity contribution is -0.458. The predicted molar refractivity (Wildman–Crippen MR) is 71.0 cm³/mol. The van der Waals surface area contributed by atoms with E-state index in [1.165, 1.54) is 16.7 Å². The van der Waals surface area contributed by atoms with Crippen LogP contribution in [0.25, 0.3) is 5.57 Å². The van der Waals surface area contributed by atoms with E-state index in [1.807, 2.05) is 28.2 Å². The van der Waals surface area contributed by atoms with Gasteiger partial charge in [-0.25, -0.2) is 4.58 Å². The zero-order valence-corrected chi connectivity index (χ0v) is 10.9. The zero-order chi connectivity index (χ0) is 12.1. The van der Waals surface area contributed by atoms with Crippen LogP contribution in [0.5, 0.6) is 0 Å². The minimum absolute atomic E-state index is 1.23. The molecule has 0 amide bonds. The van der Waals surface area contributed by atoms with Crippen LogP contribution in [0.15, 0.2) is 30.5 Å². The molecule has 0 spiro atoms. The lowest BCUT2D eigenvalue weighted by Crippen LogP contribution is -2.07. The van der Waals surface area contributed by atoms with Crippen molar-refractivity contribution in [1.82, 2.24) is 4.90 Å². The van der Waals surface area contributed by atoms with E-state index in [2.05, 4.69) is 53.1 Å². The summed E-state index contributed by atoms with van der Waals surface area (Å²) >= 11 is 0. The van der Waals surface area contributed by atoms with Crippen LogP contribution in [0.1, 0.15) is 11.1 Å². The fraction of sp³-hybridized carbons (Fsp3) is 0.357. The summed E-state index contributed by atoms with van der Waals surface area (Å²) in [4.78, 5) is 2.07. The molecule has 0 aliphatic carbocycles. The molecular weight excluding hydrogens is 196 g/mol. The molecule has 0 heterocycles. The fourth-order valence-corrected chi connectivity index (χ4v) is 1.63. The van der Waals surface area contributed by atoms with Gasteiger partial charge in [0.25, 0.3) is 0 Å². The fourth-order valence-electron chi connectivity index (χ4n) is 1.63. The van der Waals surface area contributed by atoms with E-state index in [4.69, 9.17) is 0 Å². The van der Waals surface area contributed by atoms with Crippen molar-refractivity contribution in [3.8, 4) is 0 Å². The first-order chi connectivity index (χ1) is 7.50. The SMILES string of the molecule is Cc1ccccc1/C(C=[N+](C)C)=C/N(C)C. The van der Waals surface area contributed by atoms with Crippen molar-refractivity contribution in [2.24, 2.45) is 0 Å². The first-order valence-corrected chi connectivity index (χ1v) is 5.46. The molecule has 0 bridgehead atoms. The molecule has 0 saturated carbocycles. The third-order valence-corrected chi connectivity index (χ3v) is 2.25. The Bertz CT molecular complexity index is 410. The maximum Gasteiger partial charge on any atom is 0.172 e. The van der Waals surface area contributed by atoms with Crippen LogP contribution in [-0.4, -0.2) is 43.9 Å². The second-order valence-electron chi connectivity index (χ2n) is 4.46. The number of hydrogen-bond acceptors (Lipinski definition) is 1. The van der Waals surface area contributed by atoms with Crippen molar-refractivity contribution in [2.45, 2.75) is 6.92 Å². The van der Waals surface area contributed by atoms with Gasteiger partial charge in [-0.3, -0.25) is 0 Å². The summed E-state index contributed by atoms with van der Waals surface area (Å²) in [5.41, 5.74) is 3.81. The van der Waals surface area contributed by atoms with E-state index >= 15 is 0 Å². The molecule has 0 unspecified atom stereocenters. The van der Waals surface area contributed by atoms with E-state index in [1.54, 1.807) is 0 Å². The molecule has 0 radical (unpaired) electrons. The van der Waals surface area contributed by atoms with Gasteiger partial charge in [0.15, 0.2) is 6.21 Å². The summed E-state index contributed by atoms with van der Waals surface area (Å²) in [6.07, 6.45) is 4.28. The summed E-state index contributed by atoms with van der Waals surface area (Å²) in [6.45, 7) is 2.14. The average molecular weight is 217 g/mol. The van der Waals surface area contributed by atoms with Crippen LogP contribution in [0.4, 0.5) is 0 Å². The van der Waals surface area contributed by atoms with E-state index < -0.39 is 0 Å². The molecule has 0 N–H and O–H groups in total. The van der Waals surface area contributed by atoms with Gasteiger partial charge in [-0.2, -0.15) is 0 Å². The summed E-state index contributed by atoms with van der Waals surface area (Å²) < 4.78 is 2.07. The highest BCUT2D eigenvalue weighted by atomic mass is 15.0. The van der Waals surface area contributed by atoms with Crippen molar-refractivity contribution in [1.29, 1.82) is 0 Å². The minimum atomic E-state index is 1.23. The van der Waals surface area contributed by atoms with Gasteiger partial charge in [0, 0.05) is 20.3 Å². The molecule has 2 heteroatoms. The maximum absolute atomic E-state index is 2.16. The third kappa shape index (κ3) is 3.54.